The van der Waals surface area contributed by atoms with Crippen LogP contribution in [-0.4, -0.2) is 49.1 Å². The number of thiocarbonyl (C=S) groups is 1. The maximum Gasteiger partial charge on any atom is 0.250 e. The van der Waals surface area contributed by atoms with Crippen LogP contribution in [0.1, 0.15) is 5.76 Å². The molecule has 2 aromatic carbocycles. The molecule has 0 bridgehead atoms. The van der Waals surface area contributed by atoms with Gasteiger partial charge in [0.1, 0.15) is 11.5 Å². The molecule has 33 heavy (non-hydrogen) atoms. The van der Waals surface area contributed by atoms with Gasteiger partial charge >= 0.3 is 0 Å². The third kappa shape index (κ3) is 6.22. The van der Waals surface area contributed by atoms with E-state index in [1.165, 1.54) is 6.08 Å². The lowest BCUT2D eigenvalue weighted by molar-refractivity contribution is -0.115. The van der Waals surface area contributed by atoms with E-state index in [9.17, 15) is 4.79 Å². The van der Waals surface area contributed by atoms with Crippen LogP contribution in [0.3, 0.4) is 0 Å². The SMILES string of the molecule is CN1CCN(c2ccc(NC(=S)NC(=O)/C=C/c3ccc(-c4ccccc4)o3)cc2Cl)CC1. The number of nitrogens with one attached hydrogen (secondary N) is 2. The summed E-state index contributed by atoms with van der Waals surface area (Å²) in [4.78, 5) is 16.8. The van der Waals surface area contributed by atoms with Crippen molar-refractivity contribution in [3.8, 4) is 11.3 Å². The van der Waals surface area contributed by atoms with Gasteiger partial charge in [0, 0.05) is 43.5 Å². The smallest absolute Gasteiger partial charge is 0.250 e. The molecule has 1 fully saturated rings. The number of rotatable bonds is 5. The molecule has 3 aromatic rings. The number of hydrogen-bond donors (Lipinski definition) is 2. The summed E-state index contributed by atoms with van der Waals surface area (Å²) in [5.41, 5.74) is 2.69. The molecule has 2 heterocycles. The van der Waals surface area contributed by atoms with E-state index in [1.54, 1.807) is 6.08 Å². The summed E-state index contributed by atoms with van der Waals surface area (Å²) in [5, 5.41) is 6.48. The number of likely N-dealkylation sites (N-methyl/N-ethyl adjacent to an activating group) is 1. The fourth-order valence-electron chi connectivity index (χ4n) is 3.56. The molecule has 0 spiro atoms. The maximum absolute atomic E-state index is 12.2. The summed E-state index contributed by atoms with van der Waals surface area (Å²) in [7, 11) is 2.12. The zero-order valence-electron chi connectivity index (χ0n) is 18.3. The van der Waals surface area contributed by atoms with Crippen LogP contribution in [0.15, 0.2) is 71.2 Å². The summed E-state index contributed by atoms with van der Waals surface area (Å²) in [6.45, 7) is 3.88. The zero-order chi connectivity index (χ0) is 23.2. The average Bonchev–Trinajstić information content (AvgIpc) is 3.28. The number of benzene rings is 2. The fourth-order valence-corrected chi connectivity index (χ4v) is 4.08. The highest BCUT2D eigenvalue weighted by Gasteiger charge is 2.17. The van der Waals surface area contributed by atoms with Gasteiger partial charge in [-0.1, -0.05) is 41.9 Å². The summed E-state index contributed by atoms with van der Waals surface area (Å²) in [6, 6.07) is 19.1. The van der Waals surface area contributed by atoms with Gasteiger partial charge in [-0.25, -0.2) is 0 Å². The van der Waals surface area contributed by atoms with Crippen molar-refractivity contribution in [1.82, 2.24) is 10.2 Å². The Morgan fingerprint density at radius 2 is 1.82 bits per heavy atom. The van der Waals surface area contributed by atoms with Crippen molar-refractivity contribution >= 4 is 52.3 Å². The molecule has 1 aliphatic heterocycles. The second kappa shape index (κ2) is 10.7. The Morgan fingerprint density at radius 1 is 1.06 bits per heavy atom. The number of piperazine rings is 1. The Balaban J connectivity index is 1.30. The molecule has 2 N–H and O–H groups in total. The van der Waals surface area contributed by atoms with E-state index in [0.29, 0.717) is 16.5 Å². The first kappa shape index (κ1) is 23.0. The maximum atomic E-state index is 12.2. The van der Waals surface area contributed by atoms with Gasteiger partial charge in [-0.3, -0.25) is 10.1 Å². The molecule has 0 atom stereocenters. The number of nitrogens with zero attached hydrogens (tertiary/aromatic N) is 2. The Hall–Kier alpha value is -3.13. The Labute approximate surface area is 203 Å². The quantitative estimate of drug-likeness (QED) is 0.401. The van der Waals surface area contributed by atoms with Gasteiger partial charge < -0.3 is 19.5 Å². The number of carbonyl (C=O) groups excluding carboxylic acids is 1. The first-order chi connectivity index (χ1) is 16.0. The molecular formula is C25H25ClN4O2S. The van der Waals surface area contributed by atoms with Crippen molar-refractivity contribution in [3.63, 3.8) is 0 Å². The molecule has 170 valence electrons. The molecule has 6 nitrogen and oxygen atoms in total. The monoisotopic (exact) mass is 480 g/mol. The van der Waals surface area contributed by atoms with Gasteiger partial charge in [0.05, 0.1) is 10.7 Å². The molecule has 0 unspecified atom stereocenters. The number of anilines is 2. The van der Waals surface area contributed by atoms with Gasteiger partial charge in [-0.15, -0.1) is 0 Å². The van der Waals surface area contributed by atoms with Crippen LogP contribution >= 0.6 is 23.8 Å². The van der Waals surface area contributed by atoms with Crippen molar-refractivity contribution < 1.29 is 9.21 Å². The van der Waals surface area contributed by atoms with E-state index in [-0.39, 0.29) is 11.0 Å². The molecule has 0 radical (unpaired) electrons. The minimum Gasteiger partial charge on any atom is -0.457 e. The molecule has 0 saturated carbocycles. The van der Waals surface area contributed by atoms with Crippen LogP contribution in [-0.2, 0) is 4.79 Å². The number of hydrogen-bond acceptors (Lipinski definition) is 5. The fraction of sp³-hybridized carbons (Fsp3) is 0.200. The first-order valence-electron chi connectivity index (χ1n) is 10.7. The highest BCUT2D eigenvalue weighted by atomic mass is 35.5. The highest BCUT2D eigenvalue weighted by Crippen LogP contribution is 2.29. The first-order valence-corrected chi connectivity index (χ1v) is 11.4. The molecule has 8 heteroatoms. The van der Waals surface area contributed by atoms with E-state index in [2.05, 4.69) is 27.5 Å². The number of amides is 1. The van der Waals surface area contributed by atoms with Gasteiger partial charge in [0.25, 0.3) is 0 Å². The summed E-state index contributed by atoms with van der Waals surface area (Å²) in [6.07, 6.45) is 2.98. The number of carbonyl (C=O) groups is 1. The summed E-state index contributed by atoms with van der Waals surface area (Å²) < 4.78 is 5.76. The summed E-state index contributed by atoms with van der Waals surface area (Å²) >= 11 is 11.8. The Bertz CT molecular complexity index is 1150. The molecule has 1 aromatic heterocycles. The van der Waals surface area contributed by atoms with Gasteiger partial charge in [0.15, 0.2) is 5.11 Å². The van der Waals surface area contributed by atoms with Crippen molar-refractivity contribution in [3.05, 3.63) is 77.5 Å². The highest BCUT2D eigenvalue weighted by molar-refractivity contribution is 7.80. The van der Waals surface area contributed by atoms with Crippen LogP contribution in [0.25, 0.3) is 17.4 Å². The zero-order valence-corrected chi connectivity index (χ0v) is 19.8. The average molecular weight is 481 g/mol. The van der Waals surface area contributed by atoms with Crippen molar-refractivity contribution in [2.24, 2.45) is 0 Å². The molecule has 4 rings (SSSR count). The standard InChI is InChI=1S/C25H25ClN4O2S/c1-29-13-15-30(16-14-29)22-10-7-19(17-21(22)26)27-25(33)28-24(31)12-9-20-8-11-23(32-20)18-5-3-2-4-6-18/h2-12,17H,13-16H2,1H3,(H2,27,28,31,33)/b12-9+. The normalized spacial score (nSPS) is 14.4. The third-order valence-electron chi connectivity index (χ3n) is 5.37. The lowest BCUT2D eigenvalue weighted by atomic mass is 10.2. The van der Waals surface area contributed by atoms with Crippen LogP contribution in [0.2, 0.25) is 5.02 Å². The Morgan fingerprint density at radius 3 is 2.55 bits per heavy atom. The molecule has 0 aliphatic carbocycles. The minimum atomic E-state index is -0.356. The number of halogens is 1. The Kier molecular flexibility index (Phi) is 7.44. The van der Waals surface area contributed by atoms with Crippen molar-refractivity contribution in [2.75, 3.05) is 43.4 Å². The number of furan rings is 1. The predicted molar refractivity (Wildman–Crippen MR) is 139 cm³/mol. The van der Waals surface area contributed by atoms with Crippen LogP contribution in [0, 0.1) is 0 Å². The van der Waals surface area contributed by atoms with E-state index in [4.69, 9.17) is 28.2 Å². The van der Waals surface area contributed by atoms with Crippen LogP contribution < -0.4 is 15.5 Å². The van der Waals surface area contributed by atoms with Gasteiger partial charge in [0.2, 0.25) is 5.91 Å². The largest absolute Gasteiger partial charge is 0.457 e. The van der Waals surface area contributed by atoms with Crippen molar-refractivity contribution in [1.29, 1.82) is 0 Å². The molecule has 1 amide bonds. The minimum absolute atomic E-state index is 0.192. The van der Waals surface area contributed by atoms with Crippen LogP contribution in [0.5, 0.6) is 0 Å². The lowest BCUT2D eigenvalue weighted by Gasteiger charge is -2.34. The molecule has 1 saturated heterocycles. The van der Waals surface area contributed by atoms with E-state index in [0.717, 1.165) is 43.2 Å². The van der Waals surface area contributed by atoms with E-state index >= 15 is 0 Å². The predicted octanol–water partition coefficient (Wildman–Crippen LogP) is 4.88. The van der Waals surface area contributed by atoms with E-state index in [1.807, 2.05) is 60.7 Å². The van der Waals surface area contributed by atoms with E-state index < -0.39 is 0 Å². The third-order valence-corrected chi connectivity index (χ3v) is 5.88. The van der Waals surface area contributed by atoms with Crippen molar-refractivity contribution in [2.45, 2.75) is 0 Å². The summed E-state index contributed by atoms with van der Waals surface area (Å²) in [5.74, 6) is 0.962. The van der Waals surface area contributed by atoms with Crippen LogP contribution in [0.4, 0.5) is 11.4 Å². The van der Waals surface area contributed by atoms with Gasteiger partial charge in [-0.2, -0.15) is 0 Å². The van der Waals surface area contributed by atoms with Gasteiger partial charge in [-0.05, 0) is 55.7 Å². The lowest BCUT2D eigenvalue weighted by Crippen LogP contribution is -2.44. The topological polar surface area (TPSA) is 60.8 Å². The molecule has 1 aliphatic rings. The molecular weight excluding hydrogens is 456 g/mol. The second-order valence-electron chi connectivity index (χ2n) is 7.80. The second-order valence-corrected chi connectivity index (χ2v) is 8.62.